The fourth-order valence-corrected chi connectivity index (χ4v) is 10.5. The highest BCUT2D eigenvalue weighted by Crippen LogP contribution is 2.16. The van der Waals surface area contributed by atoms with Crippen LogP contribution in [-0.4, -0.2) is 325 Å². The number of likely N-dealkylation sites (N-methyl/N-ethyl adjacent to an activating group) is 5. The van der Waals surface area contributed by atoms with Gasteiger partial charge in [0, 0.05) is 166 Å². The summed E-state index contributed by atoms with van der Waals surface area (Å²) in [4.78, 5) is 107. The number of aliphatic hydroxyl groups excluding tert-OH is 3. The summed E-state index contributed by atoms with van der Waals surface area (Å²) >= 11 is 4.71. The largest absolute Gasteiger partial charge is 0.464 e. The van der Waals surface area contributed by atoms with Crippen LogP contribution in [0.3, 0.4) is 0 Å². The Morgan fingerprint density at radius 2 is 0.645 bits per heavy atom. The minimum atomic E-state index is -1.81. The molecule has 0 unspecified atom stereocenters. The number of nitrogens with zero attached hydrogens (tertiary/aromatic N) is 4. The lowest BCUT2D eigenvalue weighted by atomic mass is 10.4. The van der Waals surface area contributed by atoms with Gasteiger partial charge >= 0.3 is 73.4 Å². The third kappa shape index (κ3) is 85.6. The van der Waals surface area contributed by atoms with Crippen molar-refractivity contribution in [1.29, 1.82) is 0 Å². The molecule has 0 rings (SSSR count). The molecule has 0 aromatic carbocycles. The standard InChI is InChI=1S/C18H30N2O7.C15H21NO6.C12H19NO5.3C7H18O3Si.C3H3ClO.C3H9NO/c1-14(2)18(24)27-15(3)26-17(23)7-9-20(5)11-13-25-16(22)6-8-19(4)10-12-21;1-6-13(17)20-10-9-16(5)8-7-14(18)21-12(4)22-15(19)11(2)3;1-9(2)12(16)18-10(3)17-11(15)5-6-13(4)7-8-14;3*1-8-6-5-7-11(4,9-2)10-3;1-2-3(4)5;1-4-2-3-5/h21H,1,3,6-13H2,2,4-5H3;6H,1-2,4,7-10H2,3,5H3;14H,1,3,5-8H2,2,4H3;3*5-7H2,1-4H3;2H,1H2;4-5H,2-3H2,1H3. The molecule has 34 nitrogen and oxygen atoms in total. The van der Waals surface area contributed by atoms with Gasteiger partial charge in [0.1, 0.15) is 13.2 Å². The van der Waals surface area contributed by atoms with Crippen LogP contribution < -0.4 is 5.32 Å². The summed E-state index contributed by atoms with van der Waals surface area (Å²) in [6.45, 7) is 44.4. The van der Waals surface area contributed by atoms with E-state index < -0.39 is 78.7 Å². The van der Waals surface area contributed by atoms with Gasteiger partial charge in [-0.25, -0.2) is 19.2 Å². The minimum Gasteiger partial charge on any atom is -0.464 e. The molecule has 0 heterocycles. The van der Waals surface area contributed by atoms with Crippen molar-refractivity contribution in [3.05, 3.63) is 99.3 Å². The number of hydrogen-bond acceptors (Lipinski definition) is 34. The maximum absolute atomic E-state index is 11.7. The first-order valence-corrected chi connectivity index (χ1v) is 42.5. The molecule has 0 bridgehead atoms. The van der Waals surface area contributed by atoms with Crippen LogP contribution >= 0.6 is 11.6 Å². The molecule has 0 saturated carbocycles. The molecule has 0 aromatic rings. The summed E-state index contributed by atoms with van der Waals surface area (Å²) < 4.78 is 84.6. The van der Waals surface area contributed by atoms with Gasteiger partial charge in [-0.2, -0.15) is 0 Å². The second-order valence-corrected chi connectivity index (χ2v) is 34.7. The Kier molecular flexibility index (Phi) is 86.0. The number of esters is 8. The van der Waals surface area contributed by atoms with Crippen LogP contribution in [0.2, 0.25) is 37.8 Å². The summed E-state index contributed by atoms with van der Waals surface area (Å²) in [7, 11) is 18.8. The maximum Gasteiger partial charge on any atom is 0.340 e. The number of nitrogens with one attached hydrogen (secondary N) is 1. The monoisotopic (exact) mass is 1650 g/mol. The summed E-state index contributed by atoms with van der Waals surface area (Å²) in [6, 6.07) is 2.98. The highest BCUT2D eigenvalue weighted by atomic mass is 35.5. The fraction of sp³-hybridized carbons (Fsp3) is 0.653. The Hall–Kier alpha value is -6.39. The molecule has 0 saturated heterocycles. The second kappa shape index (κ2) is 79.3. The Bertz CT molecular complexity index is 2540. The van der Waals surface area contributed by atoms with Gasteiger partial charge < -0.3 is 119 Å². The summed E-state index contributed by atoms with van der Waals surface area (Å²) in [5, 5.41) is 27.7. The van der Waals surface area contributed by atoms with Crippen LogP contribution in [0.4, 0.5) is 0 Å². The van der Waals surface area contributed by atoms with Crippen molar-refractivity contribution < 1.29 is 137 Å². The van der Waals surface area contributed by atoms with Crippen LogP contribution in [0.25, 0.3) is 0 Å². The first kappa shape index (κ1) is 119. The number of hydrogen-bond donors (Lipinski definition) is 4. The Morgan fingerprint density at radius 1 is 0.391 bits per heavy atom. The Balaban J connectivity index is -0.000000190. The van der Waals surface area contributed by atoms with Gasteiger partial charge in [0.15, 0.2) is 0 Å². The van der Waals surface area contributed by atoms with Gasteiger partial charge in [0.2, 0.25) is 5.24 Å². The molecule has 4 N–H and O–H groups in total. The van der Waals surface area contributed by atoms with Crippen LogP contribution in [0.1, 0.15) is 65.7 Å². The highest BCUT2D eigenvalue weighted by Gasteiger charge is 2.29. The number of aliphatic hydroxyl groups is 3. The van der Waals surface area contributed by atoms with E-state index in [9.17, 15) is 43.2 Å². The van der Waals surface area contributed by atoms with E-state index >= 15 is 0 Å². The molecule has 642 valence electrons. The molecule has 38 heteroatoms. The predicted octanol–water partition coefficient (Wildman–Crippen LogP) is 6.20. The maximum atomic E-state index is 11.7. The number of allylic oxidation sites excluding steroid dienone is 1. The molecular weight excluding hydrogens is 1520 g/mol. The van der Waals surface area contributed by atoms with Crippen molar-refractivity contribution in [2.24, 2.45) is 0 Å². The molecule has 0 spiro atoms. The molecular formula is C72H136ClN5O29Si3. The second-order valence-electron chi connectivity index (χ2n) is 23.6. The molecule has 0 fully saturated rings. The fourth-order valence-electron chi connectivity index (χ4n) is 6.42. The molecule has 0 aromatic heterocycles. The quantitative estimate of drug-likeness (QED) is 0.0100. The van der Waals surface area contributed by atoms with Gasteiger partial charge in [0.25, 0.3) is 17.8 Å². The SMILES string of the molecule is C=C(OC(=O)CCN(C)CCO)OC(=O)C(=C)C.C=C(OC(=O)CCN(C)CCOC(=O)CCN(C)CCO)OC(=O)C(=C)C.C=CC(=O)Cl.C=CC(=O)OCCN(C)CCC(=O)OC(=C)OC(=O)C(=C)C.CNCCO.COCCC[Si](C)(OC)OC.COCCC[Si](C)(OC)OC.COCCC[Si](C)(OC)OC. The highest BCUT2D eigenvalue weighted by molar-refractivity contribution is 6.67. The van der Waals surface area contributed by atoms with Crippen molar-refractivity contribution in [2.75, 3.05) is 211 Å². The molecule has 0 radical (unpaired) electrons. The third-order valence-corrected chi connectivity index (χ3v) is 22.9. The average molecular weight is 1660 g/mol. The van der Waals surface area contributed by atoms with E-state index in [1.54, 1.807) is 107 Å². The van der Waals surface area contributed by atoms with E-state index in [1.165, 1.54) is 20.8 Å². The van der Waals surface area contributed by atoms with E-state index in [0.717, 1.165) is 69.4 Å². The number of carbonyl (C=O) groups is 9. The predicted molar refractivity (Wildman–Crippen MR) is 426 cm³/mol. The molecule has 0 atom stereocenters. The number of carbonyl (C=O) groups excluding carboxylic acids is 9. The van der Waals surface area contributed by atoms with E-state index in [-0.39, 0.29) is 93.3 Å². The lowest BCUT2D eigenvalue weighted by molar-refractivity contribution is -0.153. The van der Waals surface area contributed by atoms with Crippen molar-refractivity contribution in [3.63, 3.8) is 0 Å². The van der Waals surface area contributed by atoms with E-state index in [0.29, 0.717) is 58.9 Å². The lowest BCUT2D eigenvalue weighted by Gasteiger charge is -2.22. The van der Waals surface area contributed by atoms with Crippen molar-refractivity contribution in [1.82, 2.24) is 24.9 Å². The first-order chi connectivity index (χ1) is 51.5. The van der Waals surface area contributed by atoms with E-state index in [2.05, 4.69) is 91.8 Å². The van der Waals surface area contributed by atoms with Gasteiger partial charge in [0.05, 0.1) is 45.5 Å². The van der Waals surface area contributed by atoms with Gasteiger partial charge in [-0.3, -0.25) is 24.0 Å². The zero-order valence-corrected chi connectivity index (χ0v) is 73.3. The molecule has 110 heavy (non-hydrogen) atoms. The summed E-state index contributed by atoms with van der Waals surface area (Å²) in [6.07, 6.45) is 5.65. The number of methoxy groups -OCH3 is 3. The zero-order chi connectivity index (χ0) is 86.7. The first-order valence-electron chi connectivity index (χ1n) is 34.6. The van der Waals surface area contributed by atoms with Crippen molar-refractivity contribution in [3.8, 4) is 0 Å². The van der Waals surface area contributed by atoms with E-state index in [1.807, 2.05) is 11.9 Å². The number of halogens is 1. The molecule has 0 amide bonds. The van der Waals surface area contributed by atoms with Crippen molar-refractivity contribution in [2.45, 2.75) is 103 Å². The van der Waals surface area contributed by atoms with Crippen LogP contribution in [0.5, 0.6) is 0 Å². The molecule has 0 aliphatic rings. The molecule has 0 aliphatic heterocycles. The van der Waals surface area contributed by atoms with Gasteiger partial charge in [-0.15, -0.1) is 0 Å². The smallest absolute Gasteiger partial charge is 0.340 e. The summed E-state index contributed by atoms with van der Waals surface area (Å²) in [5.74, 6) is -5.81. The summed E-state index contributed by atoms with van der Waals surface area (Å²) in [5.41, 5.74) is 0.530. The van der Waals surface area contributed by atoms with Crippen LogP contribution in [0, 0.1) is 0 Å². The third-order valence-electron chi connectivity index (χ3n) is 13.8. The minimum absolute atomic E-state index is 0.0223. The average Bonchev–Trinajstić information content (AvgIpc) is 1.01. The normalized spacial score (nSPS) is 10.5. The van der Waals surface area contributed by atoms with Crippen LogP contribution in [-0.2, 0) is 122 Å². The van der Waals surface area contributed by atoms with Crippen LogP contribution in [0.15, 0.2) is 99.3 Å². The number of rotatable bonds is 53. The van der Waals surface area contributed by atoms with Crippen molar-refractivity contribution >= 4 is 90.3 Å². The van der Waals surface area contributed by atoms with Gasteiger partial charge in [-0.1, -0.05) is 32.9 Å². The van der Waals surface area contributed by atoms with E-state index in [4.69, 9.17) is 91.4 Å². The molecule has 0 aliphatic carbocycles. The Morgan fingerprint density at radius 3 is 0.845 bits per heavy atom. The van der Waals surface area contributed by atoms with Gasteiger partial charge in [-0.05, 0) is 150 Å². The number of ether oxygens (including phenoxy) is 11. The lowest BCUT2D eigenvalue weighted by Crippen LogP contribution is -2.36. The Labute approximate surface area is 663 Å². The topological polar surface area (TPSA) is 396 Å². The zero-order valence-electron chi connectivity index (χ0n) is 69.5.